The van der Waals surface area contributed by atoms with Crippen LogP contribution in [-0.4, -0.2) is 61.9 Å². The molecule has 2 unspecified atom stereocenters. The van der Waals surface area contributed by atoms with E-state index in [1.165, 1.54) is 38.4 Å². The summed E-state index contributed by atoms with van der Waals surface area (Å²) >= 11 is 0. The van der Waals surface area contributed by atoms with Crippen LogP contribution in [0, 0.1) is 6.92 Å². The van der Waals surface area contributed by atoms with Crippen LogP contribution in [0.15, 0.2) is 66.7 Å². The second kappa shape index (κ2) is 13.8. The molecule has 42 heavy (non-hydrogen) atoms. The number of rotatable bonds is 11. The number of hydrogen-bond donors (Lipinski definition) is 1. The molecule has 9 heteroatoms. The van der Waals surface area contributed by atoms with Gasteiger partial charge in [-0.25, -0.2) is 4.79 Å². The molecule has 1 aliphatic rings. The largest absolute Gasteiger partial charge is 0.496 e. The standard InChI is InChI=1S/C33H36N2O7/c1-21-28(40-2)18-25(19-29(21)41-3)30(36)32(38)35-20-24-15-9-8-14-23(24)17-27(35)31(37)34-26(33(39)42-4)16-10-13-22-11-6-5-7-12-22/h5-9,11-12,14-15,18-19,26-27H,10,13,16-17,20H2,1-4H3,(H,34,37). The number of nitrogens with zero attached hydrogens (tertiary/aromatic N) is 1. The highest BCUT2D eigenvalue weighted by atomic mass is 16.5. The molecule has 0 aliphatic carbocycles. The zero-order valence-corrected chi connectivity index (χ0v) is 24.3. The molecule has 2 atom stereocenters. The van der Waals surface area contributed by atoms with Gasteiger partial charge in [0.1, 0.15) is 23.6 Å². The maximum atomic E-state index is 13.7. The van der Waals surface area contributed by atoms with E-state index in [1.807, 2.05) is 54.6 Å². The van der Waals surface area contributed by atoms with Gasteiger partial charge in [0, 0.05) is 24.1 Å². The van der Waals surface area contributed by atoms with E-state index >= 15 is 0 Å². The van der Waals surface area contributed by atoms with Gasteiger partial charge >= 0.3 is 5.97 Å². The summed E-state index contributed by atoms with van der Waals surface area (Å²) in [7, 11) is 4.21. The van der Waals surface area contributed by atoms with E-state index in [0.29, 0.717) is 29.9 Å². The molecule has 3 aromatic carbocycles. The fourth-order valence-corrected chi connectivity index (χ4v) is 5.26. The number of ether oxygens (including phenoxy) is 3. The summed E-state index contributed by atoms with van der Waals surface area (Å²) in [4.78, 5) is 54.9. The fraction of sp³-hybridized carbons (Fsp3) is 0.333. The van der Waals surface area contributed by atoms with Crippen LogP contribution < -0.4 is 14.8 Å². The van der Waals surface area contributed by atoms with Crippen molar-refractivity contribution in [2.24, 2.45) is 0 Å². The van der Waals surface area contributed by atoms with E-state index in [-0.39, 0.29) is 18.5 Å². The molecule has 0 spiro atoms. The van der Waals surface area contributed by atoms with E-state index in [1.54, 1.807) is 6.92 Å². The minimum atomic E-state index is -1.01. The van der Waals surface area contributed by atoms with Gasteiger partial charge in [0.05, 0.1) is 21.3 Å². The highest BCUT2D eigenvalue weighted by molar-refractivity contribution is 6.43. The minimum absolute atomic E-state index is 0.0653. The van der Waals surface area contributed by atoms with Crippen LogP contribution in [0.25, 0.3) is 0 Å². The molecule has 1 heterocycles. The van der Waals surface area contributed by atoms with E-state index in [0.717, 1.165) is 23.1 Å². The first-order valence-electron chi connectivity index (χ1n) is 13.8. The zero-order valence-electron chi connectivity index (χ0n) is 24.3. The Balaban J connectivity index is 1.58. The lowest BCUT2D eigenvalue weighted by Gasteiger charge is -2.36. The van der Waals surface area contributed by atoms with Gasteiger partial charge in [-0.2, -0.15) is 0 Å². The molecule has 2 amide bonds. The number of fused-ring (bicyclic) bond motifs is 1. The average molecular weight is 573 g/mol. The summed E-state index contributed by atoms with van der Waals surface area (Å²) in [5.74, 6) is -1.92. The van der Waals surface area contributed by atoms with E-state index < -0.39 is 35.7 Å². The van der Waals surface area contributed by atoms with Crippen molar-refractivity contribution in [2.45, 2.75) is 51.2 Å². The van der Waals surface area contributed by atoms with Gasteiger partial charge < -0.3 is 24.4 Å². The number of carbonyl (C=O) groups excluding carboxylic acids is 4. The topological polar surface area (TPSA) is 111 Å². The molecule has 3 aromatic rings. The highest BCUT2D eigenvalue weighted by Crippen LogP contribution is 2.31. The number of benzene rings is 3. The van der Waals surface area contributed by atoms with Crippen molar-refractivity contribution >= 4 is 23.6 Å². The van der Waals surface area contributed by atoms with Crippen molar-refractivity contribution in [3.05, 3.63) is 94.5 Å². The molecule has 9 nitrogen and oxygen atoms in total. The second-order valence-electron chi connectivity index (χ2n) is 10.2. The molecule has 1 aliphatic heterocycles. The number of amides is 2. The molecule has 0 bridgehead atoms. The van der Waals surface area contributed by atoms with Crippen LogP contribution in [0.2, 0.25) is 0 Å². The molecule has 4 rings (SSSR count). The molecular weight excluding hydrogens is 536 g/mol. The van der Waals surface area contributed by atoms with Crippen molar-refractivity contribution in [3.63, 3.8) is 0 Å². The Hall–Kier alpha value is -4.66. The Morgan fingerprint density at radius 1 is 0.905 bits per heavy atom. The van der Waals surface area contributed by atoms with Gasteiger partial charge in [-0.3, -0.25) is 14.4 Å². The van der Waals surface area contributed by atoms with Crippen LogP contribution in [-0.2, 0) is 38.5 Å². The molecule has 1 N–H and O–H groups in total. The number of nitrogens with one attached hydrogen (secondary N) is 1. The molecular formula is C33H36N2O7. The predicted octanol–water partition coefficient (Wildman–Crippen LogP) is 3.83. The Kier molecular flexibility index (Phi) is 9.96. The van der Waals surface area contributed by atoms with Gasteiger partial charge in [-0.05, 0) is 55.0 Å². The third kappa shape index (κ3) is 6.79. The molecule has 0 radical (unpaired) electrons. The number of esters is 1. The summed E-state index contributed by atoms with van der Waals surface area (Å²) in [5, 5.41) is 2.80. The Labute approximate surface area is 245 Å². The summed E-state index contributed by atoms with van der Waals surface area (Å²) in [5.41, 5.74) is 3.64. The zero-order chi connectivity index (χ0) is 30.2. The average Bonchev–Trinajstić information content (AvgIpc) is 3.03. The summed E-state index contributed by atoms with van der Waals surface area (Å²) < 4.78 is 15.7. The first-order chi connectivity index (χ1) is 20.3. The Morgan fingerprint density at radius 3 is 2.14 bits per heavy atom. The van der Waals surface area contributed by atoms with Gasteiger partial charge in [0.15, 0.2) is 0 Å². The summed E-state index contributed by atoms with van der Waals surface area (Å²) in [6, 6.07) is 18.4. The second-order valence-corrected chi connectivity index (χ2v) is 10.2. The quantitative estimate of drug-likeness (QED) is 0.211. The first kappa shape index (κ1) is 30.3. The van der Waals surface area contributed by atoms with Crippen LogP contribution >= 0.6 is 0 Å². The van der Waals surface area contributed by atoms with E-state index in [4.69, 9.17) is 14.2 Å². The van der Waals surface area contributed by atoms with Crippen LogP contribution in [0.4, 0.5) is 0 Å². The van der Waals surface area contributed by atoms with Gasteiger partial charge in [0.25, 0.3) is 11.7 Å². The number of methoxy groups -OCH3 is 3. The number of hydrogen-bond acceptors (Lipinski definition) is 7. The fourth-order valence-electron chi connectivity index (χ4n) is 5.26. The maximum absolute atomic E-state index is 13.7. The predicted molar refractivity (Wildman–Crippen MR) is 156 cm³/mol. The summed E-state index contributed by atoms with van der Waals surface area (Å²) in [6.45, 7) is 1.85. The summed E-state index contributed by atoms with van der Waals surface area (Å²) in [6.07, 6.45) is 1.91. The lowest BCUT2D eigenvalue weighted by molar-refractivity contribution is -0.147. The maximum Gasteiger partial charge on any atom is 0.328 e. The SMILES string of the molecule is COC(=O)C(CCCc1ccccc1)NC(=O)C1Cc2ccccc2CN1C(=O)C(=O)c1cc(OC)c(C)c(OC)c1. The van der Waals surface area contributed by atoms with Gasteiger partial charge in [-0.15, -0.1) is 0 Å². The normalized spacial score (nSPS) is 14.8. The minimum Gasteiger partial charge on any atom is -0.496 e. The van der Waals surface area contributed by atoms with E-state index in [2.05, 4.69) is 5.32 Å². The smallest absolute Gasteiger partial charge is 0.328 e. The van der Waals surface area contributed by atoms with Crippen LogP contribution in [0.1, 0.15) is 45.5 Å². The highest BCUT2D eigenvalue weighted by Gasteiger charge is 2.39. The molecule has 220 valence electrons. The molecule has 0 saturated carbocycles. The number of carbonyl (C=O) groups is 4. The van der Waals surface area contributed by atoms with Crippen molar-refractivity contribution < 1.29 is 33.4 Å². The van der Waals surface area contributed by atoms with Gasteiger partial charge in [-0.1, -0.05) is 54.6 Å². The Morgan fingerprint density at radius 2 is 1.52 bits per heavy atom. The number of aryl methyl sites for hydroxylation is 1. The van der Waals surface area contributed by atoms with Crippen LogP contribution in [0.3, 0.4) is 0 Å². The molecule has 0 fully saturated rings. The number of Topliss-reactive ketones (excluding diaryl/α,β-unsaturated/α-hetero) is 1. The molecule has 0 aromatic heterocycles. The Bertz CT molecular complexity index is 1430. The van der Waals surface area contributed by atoms with E-state index in [9.17, 15) is 19.2 Å². The van der Waals surface area contributed by atoms with Crippen molar-refractivity contribution in [1.82, 2.24) is 10.2 Å². The monoisotopic (exact) mass is 572 g/mol. The van der Waals surface area contributed by atoms with Crippen molar-refractivity contribution in [2.75, 3.05) is 21.3 Å². The number of ketones is 1. The molecule has 0 saturated heterocycles. The van der Waals surface area contributed by atoms with Crippen molar-refractivity contribution in [1.29, 1.82) is 0 Å². The van der Waals surface area contributed by atoms with Crippen molar-refractivity contribution in [3.8, 4) is 11.5 Å². The third-order valence-corrected chi connectivity index (χ3v) is 7.62. The van der Waals surface area contributed by atoms with Gasteiger partial charge in [0.2, 0.25) is 5.91 Å². The first-order valence-corrected chi connectivity index (χ1v) is 13.8. The lowest BCUT2D eigenvalue weighted by Crippen LogP contribution is -2.56. The van der Waals surface area contributed by atoms with Crippen LogP contribution in [0.5, 0.6) is 11.5 Å². The lowest BCUT2D eigenvalue weighted by atomic mass is 9.92. The third-order valence-electron chi connectivity index (χ3n) is 7.62.